The predicted octanol–water partition coefficient (Wildman–Crippen LogP) is 2.38. The molecule has 2 aliphatic rings. The van der Waals surface area contributed by atoms with E-state index in [4.69, 9.17) is 10.5 Å². The number of fused-ring (bicyclic) bond motifs is 3. The van der Waals surface area contributed by atoms with Crippen molar-refractivity contribution < 1.29 is 4.74 Å². The SMILES string of the molecule is CS[C@H]1N=C(N)c2c(sc3c2CC(C)(C)OC3)N1. The molecule has 3 heterocycles. The van der Waals surface area contributed by atoms with E-state index < -0.39 is 0 Å². The number of nitrogens with zero attached hydrogens (tertiary/aromatic N) is 1. The van der Waals surface area contributed by atoms with Gasteiger partial charge in [0.25, 0.3) is 0 Å². The van der Waals surface area contributed by atoms with Crippen molar-refractivity contribution in [3.63, 3.8) is 0 Å². The van der Waals surface area contributed by atoms with E-state index in [2.05, 4.69) is 24.2 Å². The van der Waals surface area contributed by atoms with Crippen molar-refractivity contribution in [1.29, 1.82) is 0 Å². The third-order valence-electron chi connectivity index (χ3n) is 3.28. The Kier molecular flexibility index (Phi) is 2.84. The highest BCUT2D eigenvalue weighted by molar-refractivity contribution is 7.99. The van der Waals surface area contributed by atoms with Gasteiger partial charge in [0.05, 0.1) is 17.8 Å². The van der Waals surface area contributed by atoms with Crippen LogP contribution in [0.2, 0.25) is 0 Å². The lowest BCUT2D eigenvalue weighted by atomic mass is 9.92. The maximum Gasteiger partial charge on any atom is 0.169 e. The van der Waals surface area contributed by atoms with Crippen LogP contribution in [0.3, 0.4) is 0 Å². The Labute approximate surface area is 115 Å². The standard InChI is InChI=1S/C12H17N3OS2/c1-12(2)4-6-7(5-16-12)18-10-8(6)9(13)14-11(15-10)17-3/h11,15H,4-5H2,1-3H3,(H2,13,14)/t11-/m0/s1. The minimum absolute atomic E-state index is 0.0338. The van der Waals surface area contributed by atoms with Gasteiger partial charge in [-0.25, -0.2) is 4.99 Å². The third-order valence-corrected chi connectivity index (χ3v) is 5.08. The summed E-state index contributed by atoms with van der Waals surface area (Å²) in [5.74, 6) is 0.665. The van der Waals surface area contributed by atoms with Crippen LogP contribution in [0.15, 0.2) is 4.99 Å². The summed E-state index contributed by atoms with van der Waals surface area (Å²) in [5.41, 5.74) is 8.48. The lowest BCUT2D eigenvalue weighted by Crippen LogP contribution is -2.33. The Balaban J connectivity index is 2.06. The summed E-state index contributed by atoms with van der Waals surface area (Å²) in [5, 5.41) is 4.57. The molecule has 0 bridgehead atoms. The number of thioether (sulfide) groups is 1. The smallest absolute Gasteiger partial charge is 0.169 e. The van der Waals surface area contributed by atoms with Crippen LogP contribution in [0, 0.1) is 0 Å². The van der Waals surface area contributed by atoms with E-state index in [0.29, 0.717) is 12.4 Å². The van der Waals surface area contributed by atoms with Gasteiger partial charge in [0.1, 0.15) is 10.8 Å². The number of thiophene rings is 1. The average molecular weight is 283 g/mol. The number of nitrogens with one attached hydrogen (secondary N) is 1. The number of amidine groups is 1. The van der Waals surface area contributed by atoms with Gasteiger partial charge < -0.3 is 15.8 Å². The molecular weight excluding hydrogens is 266 g/mol. The van der Waals surface area contributed by atoms with Crippen molar-refractivity contribution in [2.24, 2.45) is 10.7 Å². The molecular formula is C12H17N3OS2. The number of aliphatic imine (C=N–C) groups is 1. The molecule has 0 saturated heterocycles. The summed E-state index contributed by atoms with van der Waals surface area (Å²) < 4.78 is 5.85. The zero-order chi connectivity index (χ0) is 12.9. The van der Waals surface area contributed by atoms with Crippen molar-refractivity contribution in [1.82, 2.24) is 0 Å². The molecule has 1 aromatic heterocycles. The van der Waals surface area contributed by atoms with Crippen molar-refractivity contribution >= 4 is 33.9 Å². The number of ether oxygens (including phenoxy) is 1. The van der Waals surface area contributed by atoms with Gasteiger partial charge in [0, 0.05) is 11.3 Å². The first-order chi connectivity index (χ1) is 8.50. The molecule has 0 amide bonds. The normalized spacial score (nSPS) is 24.8. The van der Waals surface area contributed by atoms with Gasteiger partial charge in [-0.3, -0.25) is 0 Å². The summed E-state index contributed by atoms with van der Waals surface area (Å²) in [7, 11) is 0. The second-order valence-electron chi connectivity index (χ2n) is 5.18. The molecule has 0 spiro atoms. The summed E-state index contributed by atoms with van der Waals surface area (Å²) in [6, 6.07) is 0. The first-order valence-electron chi connectivity index (χ1n) is 5.91. The number of anilines is 1. The maximum atomic E-state index is 6.13. The van der Waals surface area contributed by atoms with Gasteiger partial charge in [-0.1, -0.05) is 0 Å². The average Bonchev–Trinajstić information content (AvgIpc) is 2.65. The molecule has 3 rings (SSSR count). The Morgan fingerprint density at radius 2 is 2.33 bits per heavy atom. The van der Waals surface area contributed by atoms with Crippen LogP contribution in [-0.4, -0.2) is 23.2 Å². The number of hydrogen-bond donors (Lipinski definition) is 2. The Morgan fingerprint density at radius 1 is 1.56 bits per heavy atom. The topological polar surface area (TPSA) is 59.6 Å². The van der Waals surface area contributed by atoms with E-state index in [0.717, 1.165) is 17.0 Å². The fourth-order valence-corrected chi connectivity index (χ4v) is 4.06. The predicted molar refractivity (Wildman–Crippen MR) is 78.5 cm³/mol. The second kappa shape index (κ2) is 4.15. The summed E-state index contributed by atoms with van der Waals surface area (Å²) in [4.78, 5) is 5.77. The van der Waals surface area contributed by atoms with Crippen LogP contribution in [0.4, 0.5) is 5.00 Å². The summed E-state index contributed by atoms with van der Waals surface area (Å²) in [6.45, 7) is 4.92. The van der Waals surface area contributed by atoms with Gasteiger partial charge in [-0.05, 0) is 25.7 Å². The lowest BCUT2D eigenvalue weighted by Gasteiger charge is -2.30. The molecule has 1 aromatic rings. The van der Waals surface area contributed by atoms with E-state index in [1.807, 2.05) is 6.26 Å². The molecule has 18 heavy (non-hydrogen) atoms. The molecule has 1 atom stereocenters. The van der Waals surface area contributed by atoms with Crippen LogP contribution in [0.1, 0.15) is 29.9 Å². The molecule has 0 saturated carbocycles. The molecule has 2 aliphatic heterocycles. The van der Waals surface area contributed by atoms with Gasteiger partial charge in [-0.2, -0.15) is 0 Å². The van der Waals surface area contributed by atoms with Crippen molar-refractivity contribution in [3.05, 3.63) is 16.0 Å². The van der Waals surface area contributed by atoms with Crippen LogP contribution in [0.25, 0.3) is 0 Å². The largest absolute Gasteiger partial charge is 0.383 e. The number of rotatable bonds is 1. The first-order valence-corrected chi connectivity index (χ1v) is 8.02. The molecule has 4 nitrogen and oxygen atoms in total. The van der Waals surface area contributed by atoms with Crippen molar-refractivity contribution in [2.45, 2.75) is 38.0 Å². The van der Waals surface area contributed by atoms with Crippen LogP contribution in [0.5, 0.6) is 0 Å². The first kappa shape index (κ1) is 12.3. The van der Waals surface area contributed by atoms with E-state index in [9.17, 15) is 0 Å². The highest BCUT2D eigenvalue weighted by atomic mass is 32.2. The lowest BCUT2D eigenvalue weighted by molar-refractivity contribution is -0.0383. The van der Waals surface area contributed by atoms with E-state index in [-0.39, 0.29) is 11.1 Å². The fraction of sp³-hybridized carbons (Fsp3) is 0.583. The van der Waals surface area contributed by atoms with Crippen LogP contribution >= 0.6 is 23.1 Å². The number of nitrogens with two attached hydrogens (primary N) is 1. The Morgan fingerprint density at radius 3 is 3.06 bits per heavy atom. The molecule has 0 fully saturated rings. The second-order valence-corrected chi connectivity index (χ2v) is 7.20. The van der Waals surface area contributed by atoms with Gasteiger partial charge in [0.2, 0.25) is 0 Å². The van der Waals surface area contributed by atoms with Gasteiger partial charge in [-0.15, -0.1) is 23.1 Å². The minimum atomic E-state index is -0.113. The van der Waals surface area contributed by atoms with Crippen LogP contribution in [-0.2, 0) is 17.8 Å². The summed E-state index contributed by atoms with van der Waals surface area (Å²) in [6.07, 6.45) is 2.93. The van der Waals surface area contributed by atoms with Crippen LogP contribution < -0.4 is 11.1 Å². The number of hydrogen-bond acceptors (Lipinski definition) is 6. The monoisotopic (exact) mass is 283 g/mol. The zero-order valence-electron chi connectivity index (χ0n) is 10.7. The quantitative estimate of drug-likeness (QED) is 0.831. The van der Waals surface area contributed by atoms with Crippen molar-refractivity contribution in [3.8, 4) is 0 Å². The van der Waals surface area contributed by atoms with E-state index in [1.165, 1.54) is 10.4 Å². The molecule has 0 radical (unpaired) electrons. The zero-order valence-corrected chi connectivity index (χ0v) is 12.4. The van der Waals surface area contributed by atoms with E-state index >= 15 is 0 Å². The van der Waals surface area contributed by atoms with Gasteiger partial charge >= 0.3 is 0 Å². The fourth-order valence-electron chi connectivity index (χ4n) is 2.37. The third kappa shape index (κ3) is 1.92. The molecule has 98 valence electrons. The summed E-state index contributed by atoms with van der Waals surface area (Å²) >= 11 is 3.41. The maximum absolute atomic E-state index is 6.13. The Hall–Kier alpha value is -0.720. The molecule has 0 aliphatic carbocycles. The highest BCUT2D eigenvalue weighted by Gasteiger charge is 2.34. The Bertz CT molecular complexity index is 522. The van der Waals surface area contributed by atoms with Gasteiger partial charge in [0.15, 0.2) is 5.50 Å². The van der Waals surface area contributed by atoms with E-state index in [1.54, 1.807) is 23.1 Å². The molecule has 0 unspecified atom stereocenters. The van der Waals surface area contributed by atoms with Crippen molar-refractivity contribution in [2.75, 3.05) is 11.6 Å². The molecule has 0 aromatic carbocycles. The minimum Gasteiger partial charge on any atom is -0.383 e. The molecule has 6 heteroatoms. The molecule has 3 N–H and O–H groups in total. The highest BCUT2D eigenvalue weighted by Crippen LogP contribution is 2.42.